The molecule has 1 fully saturated rings. The summed E-state index contributed by atoms with van der Waals surface area (Å²) < 4.78 is 9.84. The molecule has 4 heteroatoms. The van der Waals surface area contributed by atoms with Crippen LogP contribution in [0, 0.1) is 5.92 Å². The Balaban J connectivity index is 1.73. The number of aryl methyl sites for hydroxylation is 1. The molecule has 138 valence electrons. The van der Waals surface area contributed by atoms with Crippen molar-refractivity contribution in [3.05, 3.63) is 82.1 Å². The van der Waals surface area contributed by atoms with E-state index in [1.54, 1.807) is 0 Å². The highest BCUT2D eigenvalue weighted by Crippen LogP contribution is 2.63. The Hall–Kier alpha value is -2.07. The Morgan fingerprint density at radius 3 is 2.48 bits per heavy atom. The normalized spacial score (nSPS) is 29.1. The lowest BCUT2D eigenvalue weighted by molar-refractivity contribution is -0.00725. The van der Waals surface area contributed by atoms with Crippen LogP contribution < -0.4 is 4.74 Å². The molecule has 2 heterocycles. The molecule has 0 N–H and O–H groups in total. The predicted octanol–water partition coefficient (Wildman–Crippen LogP) is 5.77. The molecular formula is C23H23BrN2O. The summed E-state index contributed by atoms with van der Waals surface area (Å²) in [7, 11) is 1.98. The van der Waals surface area contributed by atoms with Gasteiger partial charge in [-0.2, -0.15) is 5.10 Å². The zero-order valence-electron chi connectivity index (χ0n) is 15.6. The Kier molecular flexibility index (Phi) is 3.94. The number of benzene rings is 2. The summed E-state index contributed by atoms with van der Waals surface area (Å²) in [6.45, 7) is 2.36. The maximum absolute atomic E-state index is 6.86. The fraction of sp³-hybridized carbons (Fsp3) is 0.348. The summed E-state index contributed by atoms with van der Waals surface area (Å²) in [5.41, 5.74) is 3.33. The second kappa shape index (κ2) is 6.23. The Morgan fingerprint density at radius 1 is 1.04 bits per heavy atom. The molecule has 0 saturated heterocycles. The Bertz CT molecular complexity index is 966. The highest BCUT2D eigenvalue weighted by Gasteiger charge is 2.59. The summed E-state index contributed by atoms with van der Waals surface area (Å²) in [5, 5.41) is 4.81. The minimum Gasteiger partial charge on any atom is -0.478 e. The summed E-state index contributed by atoms with van der Waals surface area (Å²) in [4.78, 5) is 0. The first kappa shape index (κ1) is 17.1. The number of aromatic nitrogens is 2. The van der Waals surface area contributed by atoms with E-state index in [1.807, 2.05) is 17.9 Å². The van der Waals surface area contributed by atoms with Gasteiger partial charge in [-0.1, -0.05) is 65.3 Å². The molecule has 0 amide bonds. The Labute approximate surface area is 168 Å². The van der Waals surface area contributed by atoms with E-state index in [4.69, 9.17) is 9.84 Å². The van der Waals surface area contributed by atoms with Gasteiger partial charge in [0.15, 0.2) is 5.75 Å². The quantitative estimate of drug-likeness (QED) is 0.524. The highest BCUT2D eigenvalue weighted by atomic mass is 79.9. The third-order valence-corrected chi connectivity index (χ3v) is 6.77. The first-order valence-corrected chi connectivity index (χ1v) is 10.4. The van der Waals surface area contributed by atoms with Gasteiger partial charge in [-0.15, -0.1) is 0 Å². The summed E-state index contributed by atoms with van der Waals surface area (Å²) >= 11 is 3.58. The molecule has 1 saturated carbocycles. The van der Waals surface area contributed by atoms with E-state index in [9.17, 15) is 0 Å². The second-order valence-electron chi connectivity index (χ2n) is 8.05. The van der Waals surface area contributed by atoms with Crippen LogP contribution in [0.15, 0.2) is 65.3 Å². The highest BCUT2D eigenvalue weighted by molar-refractivity contribution is 9.10. The zero-order valence-corrected chi connectivity index (χ0v) is 17.2. The minimum atomic E-state index is -0.388. The first-order valence-electron chi connectivity index (χ1n) is 9.61. The van der Waals surface area contributed by atoms with Crippen molar-refractivity contribution >= 4 is 15.9 Å². The number of rotatable bonds is 2. The Morgan fingerprint density at radius 2 is 1.74 bits per heavy atom. The minimum absolute atomic E-state index is 0.267. The van der Waals surface area contributed by atoms with E-state index in [1.165, 1.54) is 11.1 Å². The maximum atomic E-state index is 6.86. The van der Waals surface area contributed by atoms with Crippen LogP contribution in [0.4, 0.5) is 0 Å². The molecule has 2 aliphatic rings. The van der Waals surface area contributed by atoms with Crippen molar-refractivity contribution in [2.75, 3.05) is 0 Å². The van der Waals surface area contributed by atoms with Gasteiger partial charge >= 0.3 is 0 Å². The van der Waals surface area contributed by atoms with E-state index in [2.05, 4.69) is 77.5 Å². The number of hydrogen-bond acceptors (Lipinski definition) is 2. The van der Waals surface area contributed by atoms with Crippen molar-refractivity contribution in [2.45, 2.75) is 37.2 Å². The van der Waals surface area contributed by atoms with Crippen LogP contribution in [0.3, 0.4) is 0 Å². The topological polar surface area (TPSA) is 27.1 Å². The van der Waals surface area contributed by atoms with Crippen molar-refractivity contribution in [2.24, 2.45) is 13.0 Å². The lowest BCUT2D eigenvalue weighted by Crippen LogP contribution is -2.46. The molecule has 1 aromatic heterocycles. The number of hydrogen-bond donors (Lipinski definition) is 0. The van der Waals surface area contributed by atoms with E-state index in [0.29, 0.717) is 11.8 Å². The second-order valence-corrected chi connectivity index (χ2v) is 8.96. The summed E-state index contributed by atoms with van der Waals surface area (Å²) in [6.07, 6.45) is 4.25. The molecule has 5 rings (SSSR count). The molecule has 4 atom stereocenters. The average Bonchev–Trinajstić information content (AvgIpc) is 3.17. The molecule has 0 spiro atoms. The van der Waals surface area contributed by atoms with Crippen LogP contribution in [0.5, 0.6) is 5.75 Å². The molecule has 2 aromatic carbocycles. The summed E-state index contributed by atoms with van der Waals surface area (Å²) in [5.74, 6) is 2.14. The van der Waals surface area contributed by atoms with Gasteiger partial charge < -0.3 is 4.74 Å². The van der Waals surface area contributed by atoms with E-state index in [-0.39, 0.29) is 11.5 Å². The first-order chi connectivity index (χ1) is 13.1. The van der Waals surface area contributed by atoms with Crippen molar-refractivity contribution in [1.82, 2.24) is 9.78 Å². The fourth-order valence-electron chi connectivity index (χ4n) is 5.18. The third kappa shape index (κ3) is 2.57. The smallest absolute Gasteiger partial charge is 0.162 e. The standard InChI is InChI=1S/C23H23BrN2O/c1-15-12-19(16-6-4-3-5-7-16)23(17-8-10-18(24)11-9-17)20(13-15)22-21(27-23)14-26(2)25-22/h3-11,14-15,19-20H,12-13H2,1-2H3/t15-,19+,20?,23?/m1/s1. The fourth-order valence-corrected chi connectivity index (χ4v) is 5.44. The lowest BCUT2D eigenvalue weighted by Gasteiger charge is -2.47. The van der Waals surface area contributed by atoms with Gasteiger partial charge in [-0.25, -0.2) is 0 Å². The van der Waals surface area contributed by atoms with Gasteiger partial charge in [0.1, 0.15) is 11.3 Å². The third-order valence-electron chi connectivity index (χ3n) is 6.24. The summed E-state index contributed by atoms with van der Waals surface area (Å²) in [6, 6.07) is 19.6. The average molecular weight is 423 g/mol. The van der Waals surface area contributed by atoms with Crippen molar-refractivity contribution in [3.8, 4) is 5.75 Å². The molecule has 2 unspecified atom stereocenters. The van der Waals surface area contributed by atoms with Crippen LogP contribution in [0.25, 0.3) is 0 Å². The number of ether oxygens (including phenoxy) is 1. The van der Waals surface area contributed by atoms with Gasteiger partial charge in [0.25, 0.3) is 0 Å². The molecule has 0 radical (unpaired) electrons. The van der Waals surface area contributed by atoms with Gasteiger partial charge in [0, 0.05) is 17.4 Å². The van der Waals surface area contributed by atoms with Gasteiger partial charge in [0.2, 0.25) is 0 Å². The van der Waals surface area contributed by atoms with Gasteiger partial charge in [0.05, 0.1) is 12.1 Å². The number of fused-ring (bicyclic) bond motifs is 3. The van der Waals surface area contributed by atoms with Crippen molar-refractivity contribution < 1.29 is 4.74 Å². The molecular weight excluding hydrogens is 400 g/mol. The molecule has 1 aliphatic carbocycles. The molecule has 3 nitrogen and oxygen atoms in total. The van der Waals surface area contributed by atoms with E-state index in [0.717, 1.165) is 28.8 Å². The van der Waals surface area contributed by atoms with Crippen LogP contribution in [0.1, 0.15) is 48.4 Å². The van der Waals surface area contributed by atoms with Crippen molar-refractivity contribution in [3.63, 3.8) is 0 Å². The monoisotopic (exact) mass is 422 g/mol. The zero-order chi connectivity index (χ0) is 18.6. The predicted molar refractivity (Wildman–Crippen MR) is 110 cm³/mol. The number of halogens is 1. The molecule has 3 aromatic rings. The largest absolute Gasteiger partial charge is 0.478 e. The van der Waals surface area contributed by atoms with Crippen LogP contribution >= 0.6 is 15.9 Å². The molecule has 27 heavy (non-hydrogen) atoms. The van der Waals surface area contributed by atoms with Crippen LogP contribution in [0.2, 0.25) is 0 Å². The lowest BCUT2D eigenvalue weighted by atomic mass is 9.60. The number of nitrogens with zero attached hydrogens (tertiary/aromatic N) is 2. The van der Waals surface area contributed by atoms with Gasteiger partial charge in [-0.05, 0) is 42.0 Å². The van der Waals surface area contributed by atoms with Crippen molar-refractivity contribution in [1.29, 1.82) is 0 Å². The van der Waals surface area contributed by atoms with E-state index < -0.39 is 0 Å². The maximum Gasteiger partial charge on any atom is 0.162 e. The SMILES string of the molecule is C[C@H]1CC2c3nn(C)cc3OC2(c2ccc(Br)cc2)[C@H](c2ccccc2)C1. The molecule has 1 aliphatic heterocycles. The van der Waals surface area contributed by atoms with Gasteiger partial charge in [-0.3, -0.25) is 4.68 Å². The van der Waals surface area contributed by atoms with Crippen LogP contribution in [-0.4, -0.2) is 9.78 Å². The molecule has 0 bridgehead atoms. The van der Waals surface area contributed by atoms with E-state index >= 15 is 0 Å². The van der Waals surface area contributed by atoms with Crippen LogP contribution in [-0.2, 0) is 12.6 Å².